The summed E-state index contributed by atoms with van der Waals surface area (Å²) in [7, 11) is 0. The van der Waals surface area contributed by atoms with E-state index >= 15 is 0 Å². The van der Waals surface area contributed by atoms with E-state index in [0.29, 0.717) is 13.0 Å². The molecule has 3 rings (SSSR count). The summed E-state index contributed by atoms with van der Waals surface area (Å²) in [6.45, 7) is 6.56. The van der Waals surface area contributed by atoms with Crippen LogP contribution in [0.15, 0.2) is 47.4 Å². The number of fused-ring (bicyclic) bond motifs is 1. The van der Waals surface area contributed by atoms with Gasteiger partial charge in [0.25, 0.3) is 0 Å². The number of hydrogen-bond acceptors (Lipinski definition) is 4. The molecule has 0 saturated heterocycles. The second-order valence-electron chi connectivity index (χ2n) is 7.49. The molecule has 1 atom stereocenters. The fraction of sp³-hybridized carbons (Fsp3) is 0.286. The number of hydrogen-bond donors (Lipinski definition) is 3. The van der Waals surface area contributed by atoms with Crippen molar-refractivity contribution < 1.29 is 9.35 Å². The Morgan fingerprint density at radius 3 is 2.56 bits per heavy atom. The molecule has 0 aliphatic carbocycles. The number of amides is 1. The molecule has 0 radical (unpaired) electrons. The van der Waals surface area contributed by atoms with E-state index in [1.807, 2.05) is 75.4 Å². The zero-order valence-corrected chi connectivity index (χ0v) is 16.7. The van der Waals surface area contributed by atoms with Gasteiger partial charge in [-0.3, -0.25) is 4.79 Å². The molecule has 1 heterocycles. The van der Waals surface area contributed by atoms with Crippen LogP contribution in [0.2, 0.25) is 0 Å². The number of rotatable bonds is 4. The maximum absolute atomic E-state index is 12.7. The van der Waals surface area contributed by atoms with Gasteiger partial charge in [0.05, 0.1) is 28.3 Å². The van der Waals surface area contributed by atoms with Gasteiger partial charge in [-0.15, -0.1) is 4.72 Å². The Hall–Kier alpha value is -2.28. The average Bonchev–Trinajstić information content (AvgIpc) is 2.79. The van der Waals surface area contributed by atoms with Crippen molar-refractivity contribution in [1.82, 2.24) is 4.72 Å². The Bertz CT molecular complexity index is 859. The minimum Gasteiger partial charge on any atom is -0.593 e. The van der Waals surface area contributed by atoms with Crippen molar-refractivity contribution in [1.29, 1.82) is 0 Å². The van der Waals surface area contributed by atoms with Crippen molar-refractivity contribution in [3.63, 3.8) is 0 Å². The summed E-state index contributed by atoms with van der Waals surface area (Å²) in [5.41, 5.74) is 3.31. The highest BCUT2D eigenvalue weighted by Gasteiger charge is 2.22. The van der Waals surface area contributed by atoms with Crippen molar-refractivity contribution in [3.8, 4) is 0 Å². The summed E-state index contributed by atoms with van der Waals surface area (Å²) in [5, 5.41) is 6.24. The molecule has 2 aromatic carbocycles. The highest BCUT2D eigenvalue weighted by Crippen LogP contribution is 2.30. The van der Waals surface area contributed by atoms with Gasteiger partial charge in [0, 0.05) is 18.5 Å². The van der Waals surface area contributed by atoms with Crippen LogP contribution in [0, 0.1) is 0 Å². The molecule has 6 heteroatoms. The zero-order chi connectivity index (χ0) is 19.4. The number of anilines is 2. The van der Waals surface area contributed by atoms with Crippen LogP contribution in [0.3, 0.4) is 0 Å². The van der Waals surface area contributed by atoms with Crippen molar-refractivity contribution in [2.24, 2.45) is 0 Å². The standard InChI is InChI=1S/C21H25N3O2S/c1-21(2,3)24-27(26)18-10-5-4-7-15(18)11-12-16-8-6-9-17-20(16)22-14-13-19(25)23-17/h4-12,22,24H,13-14H2,1-3H3,(H,23,25)/b12-11+. The fourth-order valence-corrected chi connectivity index (χ4v) is 4.04. The van der Waals surface area contributed by atoms with Crippen LogP contribution in [-0.2, 0) is 16.2 Å². The SMILES string of the molecule is CC(C)(C)N[S+]([O-])c1ccccc1/C=C/c1cccc2c1NCCC(=O)N2. The van der Waals surface area contributed by atoms with Gasteiger partial charge in [-0.25, -0.2) is 0 Å². The lowest BCUT2D eigenvalue weighted by Crippen LogP contribution is -2.40. The lowest BCUT2D eigenvalue weighted by molar-refractivity contribution is -0.115. The summed E-state index contributed by atoms with van der Waals surface area (Å²) < 4.78 is 15.8. The number of para-hydroxylation sites is 1. The first kappa shape index (κ1) is 19.5. The van der Waals surface area contributed by atoms with Crippen LogP contribution in [-0.4, -0.2) is 22.5 Å². The number of carbonyl (C=O) groups is 1. The molecule has 1 amide bonds. The highest BCUT2D eigenvalue weighted by atomic mass is 32.2. The Balaban J connectivity index is 1.90. The predicted molar refractivity (Wildman–Crippen MR) is 113 cm³/mol. The van der Waals surface area contributed by atoms with Crippen LogP contribution in [0.4, 0.5) is 11.4 Å². The van der Waals surface area contributed by atoms with Crippen LogP contribution in [0.5, 0.6) is 0 Å². The molecular weight excluding hydrogens is 358 g/mol. The molecule has 0 aromatic heterocycles. The Morgan fingerprint density at radius 1 is 1.07 bits per heavy atom. The molecule has 3 N–H and O–H groups in total. The molecule has 0 fully saturated rings. The van der Waals surface area contributed by atoms with Crippen molar-refractivity contribution in [3.05, 3.63) is 53.6 Å². The third-order valence-electron chi connectivity index (χ3n) is 3.98. The molecule has 5 nitrogen and oxygen atoms in total. The maximum Gasteiger partial charge on any atom is 0.226 e. The van der Waals surface area contributed by atoms with E-state index in [4.69, 9.17) is 0 Å². The second kappa shape index (κ2) is 8.17. The molecule has 0 saturated carbocycles. The van der Waals surface area contributed by atoms with Gasteiger partial charge in [-0.05, 0) is 50.6 Å². The van der Waals surface area contributed by atoms with Crippen molar-refractivity contribution in [2.75, 3.05) is 17.2 Å². The van der Waals surface area contributed by atoms with E-state index in [-0.39, 0.29) is 11.4 Å². The normalized spacial score (nSPS) is 15.6. The van der Waals surface area contributed by atoms with Gasteiger partial charge in [0.15, 0.2) is 4.90 Å². The monoisotopic (exact) mass is 383 g/mol. The number of carbonyl (C=O) groups excluding carboxylic acids is 1. The molecule has 0 spiro atoms. The van der Waals surface area contributed by atoms with Gasteiger partial charge >= 0.3 is 0 Å². The first-order valence-electron chi connectivity index (χ1n) is 8.97. The van der Waals surface area contributed by atoms with Crippen LogP contribution in [0.25, 0.3) is 12.2 Å². The van der Waals surface area contributed by atoms with E-state index in [9.17, 15) is 9.35 Å². The lowest BCUT2D eigenvalue weighted by atomic mass is 10.1. The molecule has 27 heavy (non-hydrogen) atoms. The van der Waals surface area contributed by atoms with Gasteiger partial charge in [0.2, 0.25) is 5.91 Å². The Labute approximate surface area is 163 Å². The molecule has 1 unspecified atom stereocenters. The second-order valence-corrected chi connectivity index (χ2v) is 8.67. The highest BCUT2D eigenvalue weighted by molar-refractivity contribution is 7.89. The van der Waals surface area contributed by atoms with E-state index in [0.717, 1.165) is 27.4 Å². The molecule has 142 valence electrons. The number of benzene rings is 2. The van der Waals surface area contributed by atoms with Crippen LogP contribution < -0.4 is 15.4 Å². The van der Waals surface area contributed by atoms with E-state index < -0.39 is 11.4 Å². The van der Waals surface area contributed by atoms with Gasteiger partial charge in [0.1, 0.15) is 0 Å². The summed E-state index contributed by atoms with van der Waals surface area (Å²) in [6.07, 6.45) is 4.39. The van der Waals surface area contributed by atoms with E-state index in [1.54, 1.807) is 0 Å². The van der Waals surface area contributed by atoms with Gasteiger partial charge in [-0.1, -0.05) is 30.3 Å². The van der Waals surface area contributed by atoms with Crippen molar-refractivity contribution in [2.45, 2.75) is 37.6 Å². The van der Waals surface area contributed by atoms with Gasteiger partial charge < -0.3 is 15.2 Å². The lowest BCUT2D eigenvalue weighted by Gasteiger charge is -2.22. The zero-order valence-electron chi connectivity index (χ0n) is 15.8. The minimum absolute atomic E-state index is 0.0105. The first-order chi connectivity index (χ1) is 12.8. The molecular formula is C21H25N3O2S. The molecule has 1 aliphatic rings. The van der Waals surface area contributed by atoms with E-state index in [1.165, 1.54) is 0 Å². The smallest absolute Gasteiger partial charge is 0.226 e. The van der Waals surface area contributed by atoms with E-state index in [2.05, 4.69) is 15.4 Å². The predicted octanol–water partition coefficient (Wildman–Crippen LogP) is 4.02. The summed E-state index contributed by atoms with van der Waals surface area (Å²) in [4.78, 5) is 12.5. The Morgan fingerprint density at radius 2 is 1.78 bits per heavy atom. The molecule has 2 aromatic rings. The third-order valence-corrected chi connectivity index (χ3v) is 5.55. The largest absolute Gasteiger partial charge is 0.593 e. The van der Waals surface area contributed by atoms with Crippen LogP contribution in [0.1, 0.15) is 38.3 Å². The van der Waals surface area contributed by atoms with Crippen molar-refractivity contribution >= 4 is 40.8 Å². The van der Waals surface area contributed by atoms with Crippen LogP contribution >= 0.6 is 0 Å². The molecule has 0 bridgehead atoms. The summed E-state index contributed by atoms with van der Waals surface area (Å²) >= 11 is -1.31. The van der Waals surface area contributed by atoms with Gasteiger partial charge in [-0.2, -0.15) is 0 Å². The summed E-state index contributed by atoms with van der Waals surface area (Å²) in [6, 6.07) is 13.4. The Kier molecular flexibility index (Phi) is 5.89. The first-order valence-corrected chi connectivity index (χ1v) is 10.1. The average molecular weight is 384 g/mol. The molecule has 1 aliphatic heterocycles. The quantitative estimate of drug-likeness (QED) is 0.550. The summed E-state index contributed by atoms with van der Waals surface area (Å²) in [5.74, 6) is 0.0105. The minimum atomic E-state index is -1.31. The maximum atomic E-state index is 12.7. The number of nitrogens with one attached hydrogen (secondary N) is 3. The third kappa shape index (κ3) is 5.13. The topological polar surface area (TPSA) is 76.2 Å². The fourth-order valence-electron chi connectivity index (χ4n) is 2.82.